The van der Waals surface area contributed by atoms with Gasteiger partial charge < -0.3 is 9.13 Å². The van der Waals surface area contributed by atoms with Crippen molar-refractivity contribution >= 4 is 49.6 Å². The molecule has 2 aromatic heterocycles. The molecule has 0 atom stereocenters. The van der Waals surface area contributed by atoms with E-state index in [4.69, 9.17) is 0 Å². The zero-order valence-electron chi connectivity index (χ0n) is 28.3. The molecule has 0 bridgehead atoms. The van der Waals surface area contributed by atoms with E-state index in [1.54, 1.807) is 0 Å². The summed E-state index contributed by atoms with van der Waals surface area (Å²) >= 11 is 0. The second-order valence-electron chi connectivity index (χ2n) is 13.1. The summed E-state index contributed by atoms with van der Waals surface area (Å²) in [6.07, 6.45) is 6.17. The van der Waals surface area contributed by atoms with Gasteiger partial charge in [-0.15, -0.1) is 0 Å². The second-order valence-corrected chi connectivity index (χ2v) is 13.1. The van der Waals surface area contributed by atoms with Gasteiger partial charge in [-0.3, -0.25) is 0 Å². The highest BCUT2D eigenvalue weighted by atomic mass is 15.0. The molecule has 0 unspecified atom stereocenters. The van der Waals surface area contributed by atoms with Crippen molar-refractivity contribution in [1.29, 1.82) is 0 Å². The van der Waals surface area contributed by atoms with Crippen molar-refractivity contribution < 1.29 is 0 Å². The molecule has 7 aromatic carbocycles. The molecule has 2 nitrogen and oxygen atoms in total. The first-order valence-corrected chi connectivity index (χ1v) is 17.2. The van der Waals surface area contributed by atoms with E-state index in [-0.39, 0.29) is 0 Å². The highest BCUT2D eigenvalue weighted by Gasteiger charge is 2.25. The van der Waals surface area contributed by atoms with Gasteiger partial charge in [-0.1, -0.05) is 152 Å². The van der Waals surface area contributed by atoms with E-state index >= 15 is 0 Å². The van der Waals surface area contributed by atoms with E-state index in [0.717, 1.165) is 11.4 Å². The summed E-state index contributed by atoms with van der Waals surface area (Å²) in [5, 5.41) is 6.24. The van der Waals surface area contributed by atoms with Crippen LogP contribution in [0.15, 0.2) is 170 Å². The molecular formula is C48H36N2. The van der Waals surface area contributed by atoms with Gasteiger partial charge in [0, 0.05) is 49.6 Å². The molecule has 9 rings (SSSR count). The number of para-hydroxylation sites is 1. The normalized spacial score (nSPS) is 11.8. The number of allylic oxidation sites excluding steroid dienone is 2. The Kier molecular flexibility index (Phi) is 7.10. The topological polar surface area (TPSA) is 9.86 Å². The van der Waals surface area contributed by atoms with Gasteiger partial charge in [-0.2, -0.15) is 0 Å². The Hall–Kier alpha value is -6.38. The van der Waals surface area contributed by atoms with Gasteiger partial charge in [0.1, 0.15) is 0 Å². The minimum Gasteiger partial charge on any atom is -0.313 e. The first kappa shape index (κ1) is 29.7. The molecule has 9 aromatic rings. The number of hydrogen-bond donors (Lipinski definition) is 0. The van der Waals surface area contributed by atoms with Crippen molar-refractivity contribution in [3.05, 3.63) is 187 Å². The van der Waals surface area contributed by atoms with Crippen LogP contribution >= 0.6 is 0 Å². The molecule has 0 aliphatic carbocycles. The van der Waals surface area contributed by atoms with Crippen LogP contribution < -0.4 is 0 Å². The van der Waals surface area contributed by atoms with Gasteiger partial charge in [-0.05, 0) is 66.4 Å². The predicted octanol–water partition coefficient (Wildman–Crippen LogP) is 13.0. The van der Waals surface area contributed by atoms with Crippen LogP contribution in [0.4, 0.5) is 0 Å². The first-order chi connectivity index (χ1) is 24.6. The number of hydrogen-bond acceptors (Lipinski definition) is 0. The van der Waals surface area contributed by atoms with E-state index in [2.05, 4.69) is 193 Å². The van der Waals surface area contributed by atoms with E-state index in [1.165, 1.54) is 82.6 Å². The van der Waals surface area contributed by atoms with Crippen molar-refractivity contribution in [3.63, 3.8) is 0 Å². The zero-order chi connectivity index (χ0) is 33.8. The predicted molar refractivity (Wildman–Crippen MR) is 215 cm³/mol. The van der Waals surface area contributed by atoms with Crippen LogP contribution in [-0.4, -0.2) is 9.13 Å². The summed E-state index contributed by atoms with van der Waals surface area (Å²) in [6, 6.07) is 55.1. The van der Waals surface area contributed by atoms with E-state index in [9.17, 15) is 0 Å². The average Bonchev–Trinajstić information content (AvgIpc) is 3.67. The van der Waals surface area contributed by atoms with Gasteiger partial charge in [0.15, 0.2) is 0 Å². The fourth-order valence-electron chi connectivity index (χ4n) is 7.82. The molecule has 238 valence electrons. The molecule has 0 N–H and O–H groups in total. The average molecular weight is 641 g/mol. The number of aryl methyl sites for hydroxylation is 1. The minimum atomic E-state index is 1.14. The van der Waals surface area contributed by atoms with E-state index in [1.807, 2.05) is 6.08 Å². The Labute approximate surface area is 292 Å². The highest BCUT2D eigenvalue weighted by molar-refractivity contribution is 6.33. The van der Waals surface area contributed by atoms with Gasteiger partial charge in [-0.25, -0.2) is 0 Å². The van der Waals surface area contributed by atoms with Crippen LogP contribution in [0.2, 0.25) is 0 Å². The van der Waals surface area contributed by atoms with Crippen LogP contribution in [0.5, 0.6) is 0 Å². The van der Waals surface area contributed by atoms with Gasteiger partial charge in [0.2, 0.25) is 0 Å². The minimum absolute atomic E-state index is 1.14. The van der Waals surface area contributed by atoms with E-state index < -0.39 is 0 Å². The van der Waals surface area contributed by atoms with Gasteiger partial charge >= 0.3 is 0 Å². The molecule has 0 fully saturated rings. The van der Waals surface area contributed by atoms with Gasteiger partial charge in [0.25, 0.3) is 0 Å². The maximum Gasteiger partial charge on any atom is 0.0627 e. The van der Waals surface area contributed by atoms with Crippen molar-refractivity contribution in [2.24, 2.45) is 0 Å². The lowest BCUT2D eigenvalue weighted by molar-refractivity contribution is 1.05. The summed E-state index contributed by atoms with van der Waals surface area (Å²) in [5.41, 5.74) is 14.4. The van der Waals surface area contributed by atoms with Crippen molar-refractivity contribution in [2.75, 3.05) is 0 Å². The third-order valence-corrected chi connectivity index (χ3v) is 10.1. The van der Waals surface area contributed by atoms with Crippen LogP contribution in [-0.2, 0) is 0 Å². The monoisotopic (exact) mass is 640 g/mol. The summed E-state index contributed by atoms with van der Waals surface area (Å²) in [7, 11) is 0. The Morgan fingerprint density at radius 1 is 0.480 bits per heavy atom. The van der Waals surface area contributed by atoms with Crippen molar-refractivity contribution in [1.82, 2.24) is 9.13 Å². The highest BCUT2D eigenvalue weighted by Crippen LogP contribution is 2.46. The molecule has 2 heterocycles. The molecule has 0 amide bonds. The van der Waals surface area contributed by atoms with Crippen LogP contribution in [0.3, 0.4) is 0 Å². The number of fused-ring (bicyclic) bond motifs is 8. The molecule has 0 aliphatic heterocycles. The molecule has 2 heteroatoms. The number of benzene rings is 7. The van der Waals surface area contributed by atoms with Gasteiger partial charge in [0.05, 0.1) is 16.6 Å². The summed E-state index contributed by atoms with van der Waals surface area (Å²) < 4.78 is 4.93. The fraction of sp³-hybridized carbons (Fsp3) is 0.0417. The number of aromatic nitrogens is 2. The first-order valence-electron chi connectivity index (χ1n) is 17.2. The maximum absolute atomic E-state index is 4.04. The lowest BCUT2D eigenvalue weighted by Crippen LogP contribution is -1.98. The lowest BCUT2D eigenvalue weighted by atomic mass is 9.98. The lowest BCUT2D eigenvalue weighted by Gasteiger charge is -2.14. The standard InChI is InChI=1S/C48H36N2/c1-4-5-18-40-33(3)49(39-17-13-16-37(31-39)36-27-25-35(26-28-36)34-14-7-6-8-15-34)47-41-19-9-10-20-42(41)48-46(45(40)47)43-21-11-12-22-44(43)50(48)38-29-23-32(2)24-30-38/h4-31H,1H2,2-3H3/b18-5-. The number of nitrogens with zero attached hydrogens (tertiary/aromatic N) is 2. The van der Waals surface area contributed by atoms with Crippen LogP contribution in [0.25, 0.3) is 83.2 Å². The smallest absolute Gasteiger partial charge is 0.0627 e. The summed E-state index contributed by atoms with van der Waals surface area (Å²) in [4.78, 5) is 0. The Morgan fingerprint density at radius 3 is 1.76 bits per heavy atom. The summed E-state index contributed by atoms with van der Waals surface area (Å²) in [6.45, 7) is 8.44. The second kappa shape index (κ2) is 11.9. The molecule has 0 saturated carbocycles. The third-order valence-electron chi connectivity index (χ3n) is 10.1. The maximum atomic E-state index is 4.04. The Balaban J connectivity index is 1.36. The fourth-order valence-corrected chi connectivity index (χ4v) is 7.82. The third kappa shape index (κ3) is 4.64. The van der Waals surface area contributed by atoms with Crippen LogP contribution in [0.1, 0.15) is 16.8 Å². The molecule has 50 heavy (non-hydrogen) atoms. The Bertz CT molecular complexity index is 2750. The summed E-state index contributed by atoms with van der Waals surface area (Å²) in [5.74, 6) is 0. The molecule has 0 saturated heterocycles. The Morgan fingerprint density at radius 2 is 1.06 bits per heavy atom. The molecule has 0 radical (unpaired) electrons. The molecule has 0 spiro atoms. The van der Waals surface area contributed by atoms with Crippen LogP contribution in [0, 0.1) is 13.8 Å². The largest absolute Gasteiger partial charge is 0.313 e. The zero-order valence-corrected chi connectivity index (χ0v) is 28.3. The van der Waals surface area contributed by atoms with Crippen molar-refractivity contribution in [2.45, 2.75) is 13.8 Å². The van der Waals surface area contributed by atoms with E-state index in [0.29, 0.717) is 0 Å². The molecule has 0 aliphatic rings. The quantitative estimate of drug-likeness (QED) is 0.160. The number of rotatable bonds is 6. The SMILES string of the molecule is C=C/C=C\c1c(C)n(-c2cccc(-c3ccc(-c4ccccc4)cc3)c2)c2c3ccccc3c3c(c4ccccc4n3-c3ccc(C)cc3)c12. The van der Waals surface area contributed by atoms with Crippen molar-refractivity contribution in [3.8, 4) is 33.6 Å². The molecular weight excluding hydrogens is 605 g/mol.